The lowest BCUT2D eigenvalue weighted by Crippen LogP contribution is -2.37. The number of hydrogen-bond donors (Lipinski definition) is 2. The van der Waals surface area contributed by atoms with E-state index in [0.717, 1.165) is 72.2 Å². The Morgan fingerprint density at radius 3 is 2.86 bits per heavy atom. The number of ketones is 1. The Hall–Kier alpha value is -3.56. The Labute approximate surface area is 209 Å². The van der Waals surface area contributed by atoms with E-state index in [1.807, 2.05) is 55.2 Å². The first-order valence-corrected chi connectivity index (χ1v) is 12.6. The van der Waals surface area contributed by atoms with Crippen LogP contribution in [0.1, 0.15) is 47.3 Å². The molecule has 4 heterocycles. The number of aliphatic hydroxyl groups is 1. The fourth-order valence-corrected chi connectivity index (χ4v) is 5.08. The monoisotopic (exact) mass is 485 g/mol. The molecule has 2 fully saturated rings. The molecule has 3 aromatic heterocycles. The van der Waals surface area contributed by atoms with Crippen molar-refractivity contribution < 1.29 is 9.90 Å². The van der Waals surface area contributed by atoms with E-state index in [1.165, 1.54) is 0 Å². The van der Waals surface area contributed by atoms with E-state index in [9.17, 15) is 9.90 Å². The van der Waals surface area contributed by atoms with Crippen LogP contribution in [0.15, 0.2) is 42.9 Å². The molecule has 1 atom stereocenters. The van der Waals surface area contributed by atoms with Crippen LogP contribution in [0.3, 0.4) is 0 Å². The summed E-state index contributed by atoms with van der Waals surface area (Å²) in [5, 5.41) is 18.9. The van der Waals surface area contributed by atoms with Crippen LogP contribution in [0.4, 0.5) is 11.6 Å². The predicted octanol–water partition coefficient (Wildman–Crippen LogP) is 3.76. The number of aliphatic hydroxyl groups excluding tert-OH is 1. The average Bonchev–Trinajstić information content (AvgIpc) is 3.58. The van der Waals surface area contributed by atoms with Gasteiger partial charge in [0.2, 0.25) is 5.95 Å². The zero-order chi connectivity index (χ0) is 24.8. The van der Waals surface area contributed by atoms with Gasteiger partial charge in [0.05, 0.1) is 11.8 Å². The molecule has 2 N–H and O–H groups in total. The van der Waals surface area contributed by atoms with Crippen molar-refractivity contribution in [3.05, 3.63) is 59.7 Å². The normalized spacial score (nSPS) is 18.6. The maximum absolute atomic E-state index is 12.8. The van der Waals surface area contributed by atoms with Crippen LogP contribution >= 0.6 is 0 Å². The summed E-state index contributed by atoms with van der Waals surface area (Å²) in [5.74, 6) is 1.55. The van der Waals surface area contributed by atoms with Crippen molar-refractivity contribution >= 4 is 28.3 Å². The number of carbonyl (C=O) groups excluding carboxylic acids is 1. The second kappa shape index (κ2) is 9.15. The molecule has 6 rings (SSSR count). The van der Waals surface area contributed by atoms with Gasteiger partial charge in [-0.2, -0.15) is 10.1 Å². The van der Waals surface area contributed by atoms with Crippen LogP contribution in [0.25, 0.3) is 16.7 Å². The van der Waals surface area contributed by atoms with Crippen molar-refractivity contribution in [1.29, 1.82) is 0 Å². The molecule has 1 aliphatic carbocycles. The maximum atomic E-state index is 12.8. The quantitative estimate of drug-likeness (QED) is 0.385. The number of nitrogens with one attached hydrogen (secondary N) is 1. The van der Waals surface area contributed by atoms with Gasteiger partial charge in [0.1, 0.15) is 0 Å². The van der Waals surface area contributed by atoms with Crippen molar-refractivity contribution in [1.82, 2.24) is 29.2 Å². The molecule has 186 valence electrons. The van der Waals surface area contributed by atoms with Gasteiger partial charge in [-0.15, -0.1) is 0 Å². The number of piperidine rings is 1. The molecule has 4 aromatic rings. The van der Waals surface area contributed by atoms with E-state index in [1.54, 1.807) is 10.9 Å². The van der Waals surface area contributed by atoms with Crippen molar-refractivity contribution in [3.63, 3.8) is 0 Å². The molecule has 1 saturated carbocycles. The molecule has 9 nitrogen and oxygen atoms in total. The van der Waals surface area contributed by atoms with E-state index in [4.69, 9.17) is 0 Å². The van der Waals surface area contributed by atoms with Gasteiger partial charge in [0.25, 0.3) is 0 Å². The van der Waals surface area contributed by atoms with E-state index in [0.29, 0.717) is 18.3 Å². The van der Waals surface area contributed by atoms with Gasteiger partial charge in [0.15, 0.2) is 11.6 Å². The Morgan fingerprint density at radius 1 is 1.19 bits per heavy atom. The van der Waals surface area contributed by atoms with Crippen LogP contribution in [-0.2, 0) is 13.6 Å². The fourth-order valence-electron chi connectivity index (χ4n) is 5.08. The van der Waals surface area contributed by atoms with Crippen molar-refractivity contribution in [2.24, 2.45) is 13.0 Å². The van der Waals surface area contributed by atoms with Gasteiger partial charge < -0.3 is 15.0 Å². The molecule has 1 aromatic carbocycles. The van der Waals surface area contributed by atoms with Crippen molar-refractivity contribution in [2.75, 3.05) is 18.4 Å². The van der Waals surface area contributed by atoms with Crippen LogP contribution in [0.5, 0.6) is 0 Å². The third-order valence-corrected chi connectivity index (χ3v) is 7.21. The zero-order valence-electron chi connectivity index (χ0n) is 20.7. The summed E-state index contributed by atoms with van der Waals surface area (Å²) < 4.78 is 3.79. The molecule has 9 heteroatoms. The lowest BCUT2D eigenvalue weighted by molar-refractivity contribution is 0.0667. The molecule has 36 heavy (non-hydrogen) atoms. The van der Waals surface area contributed by atoms with Crippen molar-refractivity contribution in [3.8, 4) is 5.82 Å². The number of aromatic nitrogens is 5. The minimum absolute atomic E-state index is 0.176. The number of likely N-dealkylation sites (tertiary alicyclic amines) is 1. The highest BCUT2D eigenvalue weighted by molar-refractivity contribution is 6.10. The molecule has 0 bridgehead atoms. The highest BCUT2D eigenvalue weighted by atomic mass is 16.3. The summed E-state index contributed by atoms with van der Waals surface area (Å²) in [7, 11) is 1.97. The molecular formula is C27H31N7O2. The summed E-state index contributed by atoms with van der Waals surface area (Å²) in [6, 6.07) is 7.84. The summed E-state index contributed by atoms with van der Waals surface area (Å²) in [6.07, 6.45) is 9.28. The molecule has 2 aliphatic rings. The Morgan fingerprint density at radius 2 is 2.06 bits per heavy atom. The van der Waals surface area contributed by atoms with Gasteiger partial charge in [-0.25, -0.2) is 9.67 Å². The maximum Gasteiger partial charge on any atom is 0.229 e. The number of β-amino-alcohol motifs (C(OH)–C–C–N with tert-alkyl or cyclic N) is 1. The minimum atomic E-state index is -0.248. The number of fused-ring (bicyclic) bond motifs is 1. The highest BCUT2D eigenvalue weighted by Gasteiger charge is 2.32. The van der Waals surface area contributed by atoms with Gasteiger partial charge in [-0.3, -0.25) is 9.69 Å². The van der Waals surface area contributed by atoms with Gasteiger partial charge in [0, 0.05) is 78.4 Å². The number of rotatable bonds is 7. The van der Waals surface area contributed by atoms with Crippen LogP contribution in [0.2, 0.25) is 0 Å². The Bertz CT molecular complexity index is 1440. The van der Waals surface area contributed by atoms with E-state index >= 15 is 0 Å². The van der Waals surface area contributed by atoms with Gasteiger partial charge in [-0.1, -0.05) is 0 Å². The first kappa shape index (κ1) is 22.9. The Kier molecular flexibility index (Phi) is 5.81. The highest BCUT2D eigenvalue weighted by Crippen LogP contribution is 2.36. The van der Waals surface area contributed by atoms with E-state index in [-0.39, 0.29) is 17.8 Å². The lowest BCUT2D eigenvalue weighted by Gasteiger charge is -2.29. The number of hydrogen-bond acceptors (Lipinski definition) is 7. The largest absolute Gasteiger partial charge is 0.392 e. The topological polar surface area (TPSA) is 101 Å². The first-order chi connectivity index (χ1) is 17.4. The molecule has 0 spiro atoms. The second-order valence-electron chi connectivity index (χ2n) is 10.1. The number of nitrogens with zero attached hydrogens (tertiary/aromatic N) is 6. The van der Waals surface area contributed by atoms with E-state index in [2.05, 4.69) is 25.3 Å². The second-order valence-corrected chi connectivity index (χ2v) is 10.1. The smallest absolute Gasteiger partial charge is 0.229 e. The van der Waals surface area contributed by atoms with Gasteiger partial charge >= 0.3 is 0 Å². The lowest BCUT2D eigenvalue weighted by atomic mass is 10.1. The van der Waals surface area contributed by atoms with Crippen LogP contribution < -0.4 is 5.32 Å². The zero-order valence-corrected chi connectivity index (χ0v) is 20.7. The fraction of sp³-hybridized carbons (Fsp3) is 0.407. The summed E-state index contributed by atoms with van der Waals surface area (Å²) >= 11 is 0. The van der Waals surface area contributed by atoms with Gasteiger partial charge in [-0.05, 0) is 57.4 Å². The number of aryl methyl sites for hydroxylation is 2. The first-order valence-electron chi connectivity index (χ1n) is 12.6. The molecule has 0 amide bonds. The number of Topliss-reactive ketones (excluding diaryl/α,β-unsaturated/α-hetero) is 1. The van der Waals surface area contributed by atoms with Crippen LogP contribution in [0, 0.1) is 12.8 Å². The number of anilines is 2. The Balaban J connectivity index is 1.23. The summed E-state index contributed by atoms with van der Waals surface area (Å²) in [6.45, 7) is 4.45. The summed E-state index contributed by atoms with van der Waals surface area (Å²) in [5.41, 5.74) is 4.72. The SMILES string of the molecule is Cc1nn(-c2ccnc(Nc3ccc4c(c3)c(C(=O)C3CC3)cn4C)n2)cc1CN1CCC[C@@H](O)C1. The number of benzene rings is 1. The summed E-state index contributed by atoms with van der Waals surface area (Å²) in [4.78, 5) is 24.2. The number of carbonyl (C=O) groups is 1. The minimum Gasteiger partial charge on any atom is -0.392 e. The average molecular weight is 486 g/mol. The van der Waals surface area contributed by atoms with E-state index < -0.39 is 0 Å². The standard InChI is InChI=1S/C27H31N7O2/c1-17-19(13-33-11-3-4-21(35)15-33)14-34(31-17)25-9-10-28-27(30-25)29-20-7-8-24-22(12-20)23(16-32(24)2)26(36)18-5-6-18/h7-10,12,14,16,18,21,35H,3-6,11,13,15H2,1-2H3,(H,28,29,30)/t21-/m1/s1. The molecular weight excluding hydrogens is 454 g/mol. The molecule has 1 saturated heterocycles. The third kappa shape index (κ3) is 4.52. The molecule has 0 unspecified atom stereocenters. The third-order valence-electron chi connectivity index (χ3n) is 7.21. The predicted molar refractivity (Wildman–Crippen MR) is 138 cm³/mol. The van der Waals surface area contributed by atoms with Crippen molar-refractivity contribution in [2.45, 2.75) is 45.3 Å². The molecule has 1 aliphatic heterocycles. The van der Waals surface area contributed by atoms with Crippen LogP contribution in [-0.4, -0.2) is 59.3 Å². The molecule has 0 radical (unpaired) electrons.